The van der Waals surface area contributed by atoms with E-state index in [2.05, 4.69) is 49.6 Å². The third kappa shape index (κ3) is 17.7. The van der Waals surface area contributed by atoms with E-state index in [9.17, 15) is 4.79 Å². The van der Waals surface area contributed by atoms with Crippen molar-refractivity contribution in [3.63, 3.8) is 0 Å². The standard InChI is InChI=1S/C14H25NO3Si.C9H10O3.C5H15NOSi/c1-16-13-7-6-12(14(10-13)17-2)11-15-18-8-9-19(3,4)5;1-11-8-4-3-7(6-10)9(5-8)12-2;1-8(2,3)5-4-7-6/h6-7,10,15H,8-9,11H2,1-5H3;3-6H,1-2H3;4-6H2,1-3H3. The van der Waals surface area contributed by atoms with Gasteiger partial charge in [-0.1, -0.05) is 45.3 Å². The van der Waals surface area contributed by atoms with Crippen molar-refractivity contribution in [2.75, 3.05) is 41.7 Å². The van der Waals surface area contributed by atoms with Crippen LogP contribution in [0.4, 0.5) is 0 Å². The minimum Gasteiger partial charge on any atom is -0.497 e. The van der Waals surface area contributed by atoms with Crippen molar-refractivity contribution in [1.29, 1.82) is 0 Å². The van der Waals surface area contributed by atoms with Crippen LogP contribution in [-0.4, -0.2) is 64.1 Å². The number of carbonyl (C=O) groups excluding carboxylic acids is 1. The van der Waals surface area contributed by atoms with Crippen molar-refractivity contribution in [2.24, 2.45) is 5.90 Å². The number of nitrogens with two attached hydrogens (primary N) is 1. The molecule has 2 rings (SSSR count). The summed E-state index contributed by atoms with van der Waals surface area (Å²) in [6.07, 6.45) is 0.748. The smallest absolute Gasteiger partial charge is 0.153 e. The van der Waals surface area contributed by atoms with Gasteiger partial charge >= 0.3 is 0 Å². The van der Waals surface area contributed by atoms with E-state index in [4.69, 9.17) is 29.7 Å². The maximum atomic E-state index is 10.5. The van der Waals surface area contributed by atoms with Crippen LogP contribution in [0.2, 0.25) is 51.4 Å². The lowest BCUT2D eigenvalue weighted by Crippen LogP contribution is -2.24. The fourth-order valence-corrected chi connectivity index (χ4v) is 4.28. The molecule has 0 unspecified atom stereocenters. The highest BCUT2D eigenvalue weighted by atomic mass is 28.3. The summed E-state index contributed by atoms with van der Waals surface area (Å²) >= 11 is 0. The van der Waals surface area contributed by atoms with Gasteiger partial charge in [0.2, 0.25) is 0 Å². The molecule has 0 saturated heterocycles. The Bertz CT molecular complexity index is 948. The number of nitrogens with one attached hydrogen (secondary N) is 1. The SMILES string of the molecule is COc1ccc(C=O)c(OC)c1.COc1ccc(CNOCC[Si](C)(C)C)c(OC)c1.C[Si](C)(C)CCON. The Balaban J connectivity index is 0.000000616. The Morgan fingerprint density at radius 3 is 1.69 bits per heavy atom. The van der Waals surface area contributed by atoms with E-state index in [0.717, 1.165) is 48.7 Å². The molecule has 0 aromatic heterocycles. The summed E-state index contributed by atoms with van der Waals surface area (Å²) in [6.45, 7) is 16.0. The summed E-state index contributed by atoms with van der Waals surface area (Å²) in [6, 6.07) is 13.1. The fraction of sp³-hybridized carbons (Fsp3) is 0.536. The van der Waals surface area contributed by atoms with Crippen molar-refractivity contribution < 1.29 is 33.4 Å². The zero-order valence-electron chi connectivity index (χ0n) is 25.5. The van der Waals surface area contributed by atoms with Gasteiger partial charge in [-0.25, -0.2) is 5.90 Å². The van der Waals surface area contributed by atoms with Crippen LogP contribution in [0.25, 0.3) is 0 Å². The minimum atomic E-state index is -1.02. The van der Waals surface area contributed by atoms with Gasteiger partial charge in [-0.3, -0.25) is 4.79 Å². The highest BCUT2D eigenvalue weighted by Gasteiger charge is 2.12. The summed E-state index contributed by atoms with van der Waals surface area (Å²) in [5.41, 5.74) is 4.57. The van der Waals surface area contributed by atoms with Crippen LogP contribution < -0.4 is 30.3 Å². The van der Waals surface area contributed by atoms with E-state index in [-0.39, 0.29) is 0 Å². The topological polar surface area (TPSA) is 111 Å². The number of aldehydes is 1. The summed E-state index contributed by atoms with van der Waals surface area (Å²) in [5, 5.41) is 0. The molecule has 2 aromatic rings. The molecule has 222 valence electrons. The molecule has 11 heteroatoms. The normalized spacial score (nSPS) is 10.8. The third-order valence-electron chi connectivity index (χ3n) is 5.35. The van der Waals surface area contributed by atoms with E-state index in [1.54, 1.807) is 39.5 Å². The van der Waals surface area contributed by atoms with Crippen LogP contribution in [0.15, 0.2) is 36.4 Å². The first kappa shape index (κ1) is 36.6. The Kier molecular flexibility index (Phi) is 18.4. The average Bonchev–Trinajstić information content (AvgIpc) is 2.90. The van der Waals surface area contributed by atoms with Gasteiger partial charge < -0.3 is 28.6 Å². The second kappa shape index (κ2) is 19.6. The largest absolute Gasteiger partial charge is 0.497 e. The molecule has 0 spiro atoms. The molecule has 0 heterocycles. The Morgan fingerprint density at radius 1 is 0.744 bits per heavy atom. The Labute approximate surface area is 237 Å². The van der Waals surface area contributed by atoms with E-state index in [0.29, 0.717) is 23.6 Å². The predicted molar refractivity (Wildman–Crippen MR) is 164 cm³/mol. The minimum absolute atomic E-state index is 0.526. The molecule has 0 atom stereocenters. The van der Waals surface area contributed by atoms with Gasteiger partial charge in [-0.05, 0) is 30.3 Å². The first-order valence-electron chi connectivity index (χ1n) is 12.9. The molecule has 0 radical (unpaired) electrons. The maximum absolute atomic E-state index is 10.5. The maximum Gasteiger partial charge on any atom is 0.153 e. The molecule has 0 aliphatic carbocycles. The lowest BCUT2D eigenvalue weighted by atomic mass is 10.2. The zero-order valence-corrected chi connectivity index (χ0v) is 27.5. The van der Waals surface area contributed by atoms with E-state index in [1.807, 2.05) is 18.2 Å². The van der Waals surface area contributed by atoms with E-state index in [1.165, 1.54) is 7.11 Å². The summed E-state index contributed by atoms with van der Waals surface area (Å²) < 4.78 is 20.4. The number of rotatable bonds is 14. The van der Waals surface area contributed by atoms with Crippen molar-refractivity contribution in [1.82, 2.24) is 5.48 Å². The summed E-state index contributed by atoms with van der Waals surface area (Å²) in [4.78, 5) is 20.4. The Morgan fingerprint density at radius 2 is 1.26 bits per heavy atom. The van der Waals surface area contributed by atoms with Gasteiger partial charge in [-0.2, -0.15) is 5.48 Å². The molecule has 0 amide bonds. The van der Waals surface area contributed by atoms with Gasteiger partial charge in [-0.15, -0.1) is 0 Å². The first-order valence-corrected chi connectivity index (χ1v) is 20.3. The second-order valence-electron chi connectivity index (χ2n) is 11.1. The second-order valence-corrected chi connectivity index (χ2v) is 22.3. The lowest BCUT2D eigenvalue weighted by Gasteiger charge is -2.16. The van der Waals surface area contributed by atoms with E-state index >= 15 is 0 Å². The number of ether oxygens (including phenoxy) is 4. The molecule has 0 bridgehead atoms. The van der Waals surface area contributed by atoms with Crippen molar-refractivity contribution >= 4 is 22.4 Å². The molecule has 0 aliphatic rings. The van der Waals surface area contributed by atoms with Gasteiger partial charge in [0, 0.05) is 40.4 Å². The van der Waals surface area contributed by atoms with Crippen molar-refractivity contribution in [2.45, 2.75) is 57.9 Å². The molecule has 3 N–H and O–H groups in total. The van der Waals surface area contributed by atoms with Crippen LogP contribution in [0.1, 0.15) is 15.9 Å². The molecular formula is C28H50N2O7Si2. The van der Waals surface area contributed by atoms with Gasteiger partial charge in [0.15, 0.2) is 6.29 Å². The molecule has 0 aliphatic heterocycles. The number of carbonyl (C=O) groups is 1. The molecule has 2 aromatic carbocycles. The number of benzene rings is 2. The first-order chi connectivity index (χ1) is 18.3. The fourth-order valence-electron chi connectivity index (χ4n) is 2.84. The average molecular weight is 583 g/mol. The van der Waals surface area contributed by atoms with Gasteiger partial charge in [0.25, 0.3) is 0 Å². The predicted octanol–water partition coefficient (Wildman–Crippen LogP) is 5.79. The lowest BCUT2D eigenvalue weighted by molar-refractivity contribution is 0.0454. The number of hydrogen-bond donors (Lipinski definition) is 2. The van der Waals surface area contributed by atoms with Crippen LogP contribution >= 0.6 is 0 Å². The number of methoxy groups -OCH3 is 4. The summed E-state index contributed by atoms with van der Waals surface area (Å²) in [5.74, 6) is 7.67. The monoisotopic (exact) mass is 582 g/mol. The van der Waals surface area contributed by atoms with Gasteiger partial charge in [0.1, 0.15) is 23.0 Å². The number of hydrogen-bond acceptors (Lipinski definition) is 9. The highest BCUT2D eigenvalue weighted by Crippen LogP contribution is 2.24. The molecular weight excluding hydrogens is 532 g/mol. The van der Waals surface area contributed by atoms with Crippen LogP contribution in [0.5, 0.6) is 23.0 Å². The summed E-state index contributed by atoms with van der Waals surface area (Å²) in [7, 11) is 4.48. The quantitative estimate of drug-likeness (QED) is 0.124. The molecule has 9 nitrogen and oxygen atoms in total. The van der Waals surface area contributed by atoms with Crippen LogP contribution in [0.3, 0.4) is 0 Å². The molecule has 0 fully saturated rings. The van der Waals surface area contributed by atoms with Gasteiger partial charge in [0.05, 0.1) is 47.2 Å². The highest BCUT2D eigenvalue weighted by molar-refractivity contribution is 6.76. The third-order valence-corrected chi connectivity index (χ3v) is 8.76. The zero-order chi connectivity index (χ0) is 29.9. The van der Waals surface area contributed by atoms with Crippen molar-refractivity contribution in [3.05, 3.63) is 47.5 Å². The van der Waals surface area contributed by atoms with Crippen LogP contribution in [0, 0.1) is 0 Å². The van der Waals surface area contributed by atoms with Crippen LogP contribution in [-0.2, 0) is 16.2 Å². The number of hydroxylamine groups is 1. The molecule has 39 heavy (non-hydrogen) atoms. The Hall–Kier alpha value is -2.42. The van der Waals surface area contributed by atoms with Crippen molar-refractivity contribution in [3.8, 4) is 23.0 Å². The molecule has 0 saturated carbocycles. The van der Waals surface area contributed by atoms with E-state index < -0.39 is 16.1 Å².